The molecule has 0 unspecified atom stereocenters. The third-order valence-electron chi connectivity index (χ3n) is 12.7. The van der Waals surface area contributed by atoms with Gasteiger partial charge in [-0.1, -0.05) is 188 Å². The minimum Gasteiger partial charge on any atom is -0.455 e. The Hall–Kier alpha value is -7.52. The lowest BCUT2D eigenvalue weighted by Crippen LogP contribution is -1.91. The molecule has 0 bridgehead atoms. The number of hydrogen-bond donors (Lipinski definition) is 0. The molecule has 0 fully saturated rings. The molecular weight excluding hydrogens is 745 g/mol. The van der Waals surface area contributed by atoms with E-state index in [2.05, 4.69) is 206 Å². The minimum absolute atomic E-state index is 0.886. The van der Waals surface area contributed by atoms with Crippen LogP contribution in [0.2, 0.25) is 0 Å². The number of fused-ring (bicyclic) bond motifs is 10. The van der Waals surface area contributed by atoms with Gasteiger partial charge in [-0.25, -0.2) is 0 Å². The molecule has 0 N–H and O–H groups in total. The normalized spacial score (nSPS) is 12.0. The largest absolute Gasteiger partial charge is 0.455 e. The highest BCUT2D eigenvalue weighted by Gasteiger charge is 2.23. The van der Waals surface area contributed by atoms with Crippen molar-refractivity contribution in [3.63, 3.8) is 0 Å². The summed E-state index contributed by atoms with van der Waals surface area (Å²) >= 11 is 1.89. The third-order valence-corrected chi connectivity index (χ3v) is 13.9. The monoisotopic (exact) mass is 778 g/mol. The lowest BCUT2D eigenvalue weighted by Gasteiger charge is -2.18. The van der Waals surface area contributed by atoms with Gasteiger partial charge in [0.05, 0.1) is 0 Å². The van der Waals surface area contributed by atoms with Crippen LogP contribution in [-0.4, -0.2) is 0 Å². The van der Waals surface area contributed by atoms with Crippen molar-refractivity contribution in [2.75, 3.05) is 0 Å². The third kappa shape index (κ3) is 4.80. The van der Waals surface area contributed by atoms with Gasteiger partial charge >= 0.3 is 0 Å². The molecule has 0 aliphatic heterocycles. The van der Waals surface area contributed by atoms with Gasteiger partial charge in [-0.2, -0.15) is 0 Å². The van der Waals surface area contributed by atoms with Gasteiger partial charge in [0.1, 0.15) is 11.2 Å². The van der Waals surface area contributed by atoms with Gasteiger partial charge in [-0.3, -0.25) is 0 Å². The van der Waals surface area contributed by atoms with Crippen molar-refractivity contribution in [3.05, 3.63) is 206 Å². The first kappa shape index (κ1) is 33.5. The number of hydrogen-bond acceptors (Lipinski definition) is 2. The summed E-state index contributed by atoms with van der Waals surface area (Å²) in [7, 11) is 0. The topological polar surface area (TPSA) is 13.1 Å². The molecule has 0 spiro atoms. The smallest absolute Gasteiger partial charge is 0.143 e. The average Bonchev–Trinajstić information content (AvgIpc) is 3.89. The molecule has 11 aromatic carbocycles. The zero-order valence-corrected chi connectivity index (χ0v) is 33.3. The molecule has 2 heteroatoms. The first-order valence-electron chi connectivity index (χ1n) is 20.6. The van der Waals surface area contributed by atoms with Crippen molar-refractivity contribution in [1.29, 1.82) is 0 Å². The zero-order valence-electron chi connectivity index (χ0n) is 32.4. The minimum atomic E-state index is 0.886. The van der Waals surface area contributed by atoms with Gasteiger partial charge in [-0.05, 0) is 89.1 Å². The predicted molar refractivity (Wildman–Crippen MR) is 258 cm³/mol. The second-order valence-corrected chi connectivity index (χ2v) is 16.9. The Morgan fingerprint density at radius 1 is 0.283 bits per heavy atom. The van der Waals surface area contributed by atoms with Gasteiger partial charge in [-0.15, -0.1) is 11.3 Å². The Balaban J connectivity index is 1.06. The van der Waals surface area contributed by atoms with Crippen molar-refractivity contribution in [2.24, 2.45) is 0 Å². The van der Waals surface area contributed by atoms with Crippen LogP contribution >= 0.6 is 11.3 Å². The SMILES string of the molecule is c1ccc(-c2c3ccccc3c(-c3cccc4c3oc3ccc(-c5c6ccccc6c(-c6cccc7c6sc6ccccc67)c6ccccc56)cc34)c3ccccc23)cc1. The number of rotatable bonds is 4. The van der Waals surface area contributed by atoms with E-state index in [1.807, 2.05) is 11.3 Å². The average molecular weight is 779 g/mol. The van der Waals surface area contributed by atoms with Crippen molar-refractivity contribution in [1.82, 2.24) is 0 Å². The highest BCUT2D eigenvalue weighted by Crippen LogP contribution is 2.50. The number of thiophene rings is 1. The van der Waals surface area contributed by atoms with Crippen molar-refractivity contribution < 1.29 is 4.42 Å². The molecule has 0 saturated heterocycles. The zero-order chi connectivity index (χ0) is 39.3. The van der Waals surface area contributed by atoms with Crippen LogP contribution in [0.15, 0.2) is 211 Å². The first-order chi connectivity index (χ1) is 29.8. The second kappa shape index (κ2) is 13.0. The lowest BCUT2D eigenvalue weighted by molar-refractivity contribution is 0.670. The van der Waals surface area contributed by atoms with Crippen LogP contribution in [0.25, 0.3) is 130 Å². The fraction of sp³-hybridized carbons (Fsp3) is 0. The van der Waals surface area contributed by atoms with E-state index in [1.54, 1.807) is 0 Å². The Morgan fingerprint density at radius 2 is 0.733 bits per heavy atom. The van der Waals surface area contributed by atoms with Crippen LogP contribution in [0.4, 0.5) is 0 Å². The highest BCUT2D eigenvalue weighted by atomic mass is 32.1. The summed E-state index contributed by atoms with van der Waals surface area (Å²) in [6.07, 6.45) is 0. The summed E-state index contributed by atoms with van der Waals surface area (Å²) in [5, 5.41) is 14.8. The predicted octanol–water partition coefficient (Wildman–Crippen LogP) is 17.2. The summed E-state index contributed by atoms with van der Waals surface area (Å²) in [4.78, 5) is 0. The van der Waals surface area contributed by atoms with E-state index >= 15 is 0 Å². The molecule has 0 radical (unpaired) electrons. The van der Waals surface area contributed by atoms with Gasteiger partial charge in [0.15, 0.2) is 0 Å². The Labute approximate surface area is 350 Å². The molecule has 0 aliphatic rings. The summed E-state index contributed by atoms with van der Waals surface area (Å²) in [6.45, 7) is 0. The van der Waals surface area contributed by atoms with Gasteiger partial charge in [0.25, 0.3) is 0 Å². The lowest BCUT2D eigenvalue weighted by atomic mass is 9.85. The fourth-order valence-corrected chi connectivity index (χ4v) is 11.4. The number of furan rings is 1. The molecule has 278 valence electrons. The molecule has 1 nitrogen and oxygen atoms in total. The summed E-state index contributed by atoms with van der Waals surface area (Å²) < 4.78 is 9.61. The molecule has 60 heavy (non-hydrogen) atoms. The molecule has 2 aromatic heterocycles. The van der Waals surface area contributed by atoms with Crippen molar-refractivity contribution in [2.45, 2.75) is 0 Å². The van der Waals surface area contributed by atoms with Crippen LogP contribution in [0.1, 0.15) is 0 Å². The maximum absolute atomic E-state index is 6.96. The number of para-hydroxylation sites is 1. The van der Waals surface area contributed by atoms with Crippen molar-refractivity contribution >= 4 is 96.5 Å². The van der Waals surface area contributed by atoms with Crippen LogP contribution in [-0.2, 0) is 0 Å². The molecule has 0 saturated carbocycles. The Bertz CT molecular complexity index is 3770. The molecule has 13 rings (SSSR count). The van der Waals surface area contributed by atoms with Crippen LogP contribution in [0.3, 0.4) is 0 Å². The summed E-state index contributed by atoms with van der Waals surface area (Å²) in [5.74, 6) is 0. The van der Waals surface area contributed by atoms with E-state index in [0.29, 0.717) is 0 Å². The van der Waals surface area contributed by atoms with E-state index in [0.717, 1.165) is 27.5 Å². The molecule has 0 atom stereocenters. The van der Waals surface area contributed by atoms with E-state index in [1.165, 1.54) is 102 Å². The van der Waals surface area contributed by atoms with E-state index in [-0.39, 0.29) is 0 Å². The molecule has 2 heterocycles. The Morgan fingerprint density at radius 3 is 1.33 bits per heavy atom. The molecule has 0 amide bonds. The summed E-state index contributed by atoms with van der Waals surface area (Å²) in [6, 6.07) is 75.5. The van der Waals surface area contributed by atoms with Crippen molar-refractivity contribution in [3.8, 4) is 44.5 Å². The highest BCUT2D eigenvalue weighted by molar-refractivity contribution is 7.26. The van der Waals surface area contributed by atoms with Gasteiger partial charge in [0.2, 0.25) is 0 Å². The molecule has 0 aliphatic carbocycles. The van der Waals surface area contributed by atoms with Crippen LogP contribution < -0.4 is 0 Å². The maximum Gasteiger partial charge on any atom is 0.143 e. The number of benzene rings is 11. The first-order valence-corrected chi connectivity index (χ1v) is 21.4. The quantitative estimate of drug-likeness (QED) is 0.162. The van der Waals surface area contributed by atoms with Crippen LogP contribution in [0, 0.1) is 0 Å². The standard InChI is InChI=1S/C58H34OS/c1-2-16-35(17-3-1)53-38-19-4-8-23-42(38)55(43-24-9-5-20-39(43)53)48-29-14-27-46-50-34-36(32-33-51(50)59-57(46)48)54-40-21-6-10-25-44(40)56(45-26-11-7-22-41(45)54)49-30-15-28-47-37-18-12-13-31-52(37)60-58(47)49/h1-34H. The van der Waals surface area contributed by atoms with E-state index in [4.69, 9.17) is 4.42 Å². The van der Waals surface area contributed by atoms with Crippen LogP contribution in [0.5, 0.6) is 0 Å². The van der Waals surface area contributed by atoms with Gasteiger partial charge in [0, 0.05) is 47.6 Å². The fourth-order valence-electron chi connectivity index (χ4n) is 10.2. The maximum atomic E-state index is 6.96. The van der Waals surface area contributed by atoms with E-state index < -0.39 is 0 Å². The van der Waals surface area contributed by atoms with E-state index in [9.17, 15) is 0 Å². The molecule has 13 aromatic rings. The van der Waals surface area contributed by atoms with Gasteiger partial charge < -0.3 is 4.42 Å². The Kier molecular flexibility index (Phi) is 7.24. The summed E-state index contributed by atoms with van der Waals surface area (Å²) in [5.41, 5.74) is 11.6. The molecular formula is C58H34OS. The second-order valence-electron chi connectivity index (χ2n) is 15.8.